The molecule has 4 rings (SSSR count). The van der Waals surface area contributed by atoms with Crippen LogP contribution >= 0.6 is 0 Å². The Morgan fingerprint density at radius 2 is 1.64 bits per heavy atom. The van der Waals surface area contributed by atoms with Crippen LogP contribution in [-0.2, 0) is 44.4 Å². The molecule has 18 heteroatoms. The molecule has 3 saturated heterocycles. The Hall–Kier alpha value is -2.10. The van der Waals surface area contributed by atoms with Gasteiger partial charge in [-0.3, -0.25) is 9.59 Å². The third-order valence-electron chi connectivity index (χ3n) is 13.0. The first-order chi connectivity index (χ1) is 26.9. The van der Waals surface area contributed by atoms with Gasteiger partial charge in [0.2, 0.25) is 0 Å². The zero-order valence-corrected chi connectivity index (χ0v) is 36.3. The highest BCUT2D eigenvalue weighted by Gasteiger charge is 2.53. The van der Waals surface area contributed by atoms with Gasteiger partial charge in [0, 0.05) is 56.5 Å². The van der Waals surface area contributed by atoms with E-state index in [1.165, 1.54) is 27.9 Å². The number of rotatable bonds is 10. The Bertz CT molecular complexity index is 1520. The molecule has 0 unspecified atom stereocenters. The van der Waals surface area contributed by atoms with E-state index < -0.39 is 114 Å². The molecule has 0 aromatic carbocycles. The first-order valence-electron chi connectivity index (χ1n) is 20.6. The minimum atomic E-state index is -2.02. The van der Waals surface area contributed by atoms with E-state index in [1.807, 2.05) is 18.9 Å². The predicted molar refractivity (Wildman–Crippen MR) is 210 cm³/mol. The number of aromatic nitrogens is 3. The molecule has 1 aromatic rings. The Labute approximate surface area is 344 Å². The van der Waals surface area contributed by atoms with Gasteiger partial charge in [0.25, 0.3) is 7.98 Å². The number of methoxy groups -OCH3 is 1. The number of esters is 1. The van der Waals surface area contributed by atoms with Gasteiger partial charge in [-0.05, 0) is 67.9 Å². The van der Waals surface area contributed by atoms with E-state index >= 15 is 0 Å². The molecule has 0 aliphatic carbocycles. The highest BCUT2D eigenvalue weighted by Crippen LogP contribution is 2.41. The van der Waals surface area contributed by atoms with Gasteiger partial charge in [-0.25, -0.2) is 0 Å². The van der Waals surface area contributed by atoms with E-state index in [0.29, 0.717) is 25.1 Å². The summed E-state index contributed by atoms with van der Waals surface area (Å²) in [5.74, 6) is -5.17. The second kappa shape index (κ2) is 19.3. The van der Waals surface area contributed by atoms with Crippen LogP contribution in [0.1, 0.15) is 101 Å². The molecule has 3 aliphatic rings. The van der Waals surface area contributed by atoms with Crippen molar-refractivity contribution in [3.63, 3.8) is 0 Å². The van der Waals surface area contributed by atoms with Gasteiger partial charge in [-0.1, -0.05) is 32.9 Å². The summed E-state index contributed by atoms with van der Waals surface area (Å²) in [5.41, 5.74) is -4.27. The fourth-order valence-corrected chi connectivity index (χ4v) is 9.22. The van der Waals surface area contributed by atoms with Gasteiger partial charge in [0.1, 0.15) is 29.7 Å². The summed E-state index contributed by atoms with van der Waals surface area (Å²) in [5, 5.41) is 66.3. The molecule has 5 N–H and O–H groups in total. The summed E-state index contributed by atoms with van der Waals surface area (Å²) >= 11 is 0. The Morgan fingerprint density at radius 1 is 0.983 bits per heavy atom. The number of cyclic esters (lactones) is 1. The number of hydrogen-bond donors (Lipinski definition) is 5. The zero-order valence-electron chi connectivity index (χ0n) is 36.3. The predicted octanol–water partition coefficient (Wildman–Crippen LogP) is 0.922. The number of ketones is 1. The second-order valence-electron chi connectivity index (χ2n) is 17.9. The van der Waals surface area contributed by atoms with Crippen molar-refractivity contribution in [1.82, 2.24) is 19.8 Å². The zero-order chi connectivity index (χ0) is 43.7. The average molecular weight is 825 g/mol. The van der Waals surface area contributed by atoms with Gasteiger partial charge in [0.05, 0.1) is 53.3 Å². The fourth-order valence-electron chi connectivity index (χ4n) is 9.22. The van der Waals surface area contributed by atoms with Crippen molar-refractivity contribution in [1.29, 1.82) is 0 Å². The molecule has 18 atom stereocenters. The second-order valence-corrected chi connectivity index (χ2v) is 17.9. The Balaban J connectivity index is 1.77. The molecule has 0 bridgehead atoms. The van der Waals surface area contributed by atoms with E-state index in [0.717, 1.165) is 4.59 Å². The Morgan fingerprint density at radius 3 is 2.22 bits per heavy atom. The van der Waals surface area contributed by atoms with Crippen LogP contribution < -0.4 is 0 Å². The maximum Gasteiger partial charge on any atom is 0.311 e. The maximum absolute atomic E-state index is 14.2. The number of nitrogens with zero attached hydrogens (tertiary/aromatic N) is 4. The fraction of sp³-hybridized carbons (Fsp3) is 0.900. The molecule has 2 radical (unpaired) electrons. The number of carbonyl (C=O) groups is 2. The molecule has 3 aliphatic heterocycles. The van der Waals surface area contributed by atoms with Gasteiger partial charge in [-0.2, -0.15) is 0 Å². The van der Waals surface area contributed by atoms with E-state index in [2.05, 4.69) is 10.3 Å². The van der Waals surface area contributed by atoms with Crippen LogP contribution in [0.15, 0.2) is 6.20 Å². The van der Waals surface area contributed by atoms with Crippen molar-refractivity contribution < 1.29 is 63.5 Å². The standard InChI is InChI=1S/C40H69BN4O13/c1-13-28-40(10,52)33(48)22(4)30(46)20(2)17-38(8,51)35(58-37-31(47)27(16-21(3)54-37)44(11)15-14-26-19-45(41)43-42-26)23(5)32(24(6)36(50)56-28)57-29-18-39(9,53-12)34(49)25(7)55-29/h19-25,27-29,31-35,37,47-49,51-52H,13-18H2,1-12H3/t20-,21-,22+,23+,24-,25+,27+,28-,29+,31-,32+,33-,34+,35-,37+,38-,39-,40-/m1/s1. The van der Waals surface area contributed by atoms with Crippen molar-refractivity contribution in [3.05, 3.63) is 11.9 Å². The molecule has 330 valence electrons. The highest BCUT2D eigenvalue weighted by molar-refractivity contribution is 6.05. The first kappa shape index (κ1) is 48.6. The number of aliphatic hydroxyl groups excluding tert-OH is 3. The largest absolute Gasteiger partial charge is 0.459 e. The van der Waals surface area contributed by atoms with Gasteiger partial charge < -0.3 is 63.4 Å². The summed E-state index contributed by atoms with van der Waals surface area (Å²) in [4.78, 5) is 30.1. The summed E-state index contributed by atoms with van der Waals surface area (Å²) in [6, 6.07) is -0.446. The molecule has 17 nitrogen and oxygen atoms in total. The van der Waals surface area contributed by atoms with Crippen LogP contribution in [0.4, 0.5) is 0 Å². The molecule has 58 heavy (non-hydrogen) atoms. The number of hydrogen-bond acceptors (Lipinski definition) is 16. The third-order valence-corrected chi connectivity index (χ3v) is 13.0. The lowest BCUT2D eigenvalue weighted by molar-refractivity contribution is -0.318. The quantitative estimate of drug-likeness (QED) is 0.163. The lowest BCUT2D eigenvalue weighted by Gasteiger charge is -2.49. The maximum atomic E-state index is 14.2. The van der Waals surface area contributed by atoms with Crippen LogP contribution in [0, 0.1) is 23.7 Å². The summed E-state index contributed by atoms with van der Waals surface area (Å²) in [7, 11) is 9.02. The lowest BCUT2D eigenvalue weighted by atomic mass is 9.74. The third kappa shape index (κ3) is 10.7. The summed E-state index contributed by atoms with van der Waals surface area (Å²) < 4.78 is 38.6. The molecule has 0 spiro atoms. The number of likely N-dealkylation sites (N-methyl/N-ethyl adjacent to an activating group) is 1. The highest BCUT2D eigenvalue weighted by atomic mass is 16.7. The first-order valence-corrected chi connectivity index (χ1v) is 20.6. The smallest absolute Gasteiger partial charge is 0.311 e. The summed E-state index contributed by atoms with van der Waals surface area (Å²) in [6.45, 7) is 16.8. The van der Waals surface area contributed by atoms with Crippen LogP contribution in [0.2, 0.25) is 0 Å². The average Bonchev–Trinajstić information content (AvgIpc) is 3.59. The molecule has 1 aromatic heterocycles. The van der Waals surface area contributed by atoms with Crippen molar-refractivity contribution >= 4 is 19.7 Å². The van der Waals surface area contributed by atoms with E-state index in [1.54, 1.807) is 47.7 Å². The molecule has 3 fully saturated rings. The van der Waals surface area contributed by atoms with E-state index in [9.17, 15) is 35.1 Å². The SMILES string of the molecule is [B]n1cc(CCN(C)[C@H]2C[C@@H](C)O[C@@H](O[C@@H]3[C@@H](C)[C@H](O[C@H]4C[C@@](C)(OC)[C@@H](O)[C@H](C)O4)[C@@H](C)C(=O)O[C@H](CC)[C@@](C)(O)[C@H](O)[C@@H](C)C(=O)[C@H](C)C[C@@]3(C)O)[C@@H]2O)nn1. The minimum Gasteiger partial charge on any atom is -0.459 e. The number of Topliss-reactive ketones (excluding diaryl/α,β-unsaturated/α-hetero) is 1. The number of carbonyl (C=O) groups excluding carboxylic acids is 2. The van der Waals surface area contributed by atoms with E-state index in [-0.39, 0.29) is 25.4 Å². The molecule has 0 amide bonds. The molecular formula is C40H69BN4O13. The van der Waals surface area contributed by atoms with Crippen LogP contribution in [0.3, 0.4) is 0 Å². The number of ether oxygens (including phenoxy) is 6. The normalized spacial score (nSPS) is 45.2. The van der Waals surface area contributed by atoms with Gasteiger partial charge in [-0.15, -0.1) is 5.10 Å². The van der Waals surface area contributed by atoms with Crippen LogP contribution in [-0.4, -0.2) is 170 Å². The van der Waals surface area contributed by atoms with Crippen molar-refractivity contribution in [2.45, 2.75) is 186 Å². The Kier molecular flexibility index (Phi) is 16.2. The van der Waals surface area contributed by atoms with Crippen LogP contribution in [0.5, 0.6) is 0 Å². The van der Waals surface area contributed by atoms with Crippen LogP contribution in [0.25, 0.3) is 0 Å². The lowest BCUT2D eigenvalue weighted by Crippen LogP contribution is -2.61. The monoisotopic (exact) mass is 824 g/mol. The molecular weight excluding hydrogens is 755 g/mol. The minimum absolute atomic E-state index is 0.0708. The van der Waals surface area contributed by atoms with E-state index in [4.69, 9.17) is 36.4 Å². The summed E-state index contributed by atoms with van der Waals surface area (Å²) in [6.07, 6.45) is -8.23. The topological polar surface area (TPSA) is 225 Å². The van der Waals surface area contributed by atoms with Gasteiger partial charge >= 0.3 is 5.97 Å². The van der Waals surface area contributed by atoms with Crippen molar-refractivity contribution in [3.8, 4) is 0 Å². The molecule has 4 heterocycles. The molecule has 0 saturated carbocycles. The van der Waals surface area contributed by atoms with Gasteiger partial charge in [0.15, 0.2) is 12.6 Å². The van der Waals surface area contributed by atoms with Crippen molar-refractivity contribution in [2.75, 3.05) is 20.7 Å². The number of aliphatic hydroxyl groups is 5. The van der Waals surface area contributed by atoms with Crippen molar-refractivity contribution in [2.24, 2.45) is 23.7 Å².